The standard InChI is InChI=1S/C21H28F3N5O/c1-14(2)30-18-6-5-15(19(9-18)21(22,23)24)10-26-20(25-3)29-8-7-16(13-29)17-11-27-28(4)12-17/h5-6,9,11-12,14,16H,7-8,10,13H2,1-4H3,(H,25,26). The molecule has 1 unspecified atom stereocenters. The lowest BCUT2D eigenvalue weighted by Gasteiger charge is -2.23. The number of hydrogen-bond donors (Lipinski definition) is 1. The summed E-state index contributed by atoms with van der Waals surface area (Å²) >= 11 is 0. The molecule has 0 saturated carbocycles. The summed E-state index contributed by atoms with van der Waals surface area (Å²) in [6, 6.07) is 4.10. The van der Waals surface area contributed by atoms with Crippen LogP contribution in [0.1, 0.15) is 42.9 Å². The van der Waals surface area contributed by atoms with Gasteiger partial charge in [-0.1, -0.05) is 6.07 Å². The predicted molar refractivity (Wildman–Crippen MR) is 110 cm³/mol. The zero-order valence-corrected chi connectivity index (χ0v) is 17.7. The van der Waals surface area contributed by atoms with Crippen LogP contribution in [0.5, 0.6) is 5.75 Å². The fraction of sp³-hybridized carbons (Fsp3) is 0.524. The third-order valence-electron chi connectivity index (χ3n) is 5.09. The van der Waals surface area contributed by atoms with E-state index in [9.17, 15) is 13.2 Å². The van der Waals surface area contributed by atoms with Crippen molar-refractivity contribution in [1.29, 1.82) is 0 Å². The highest BCUT2D eigenvalue weighted by atomic mass is 19.4. The number of guanidine groups is 1. The molecule has 6 nitrogen and oxygen atoms in total. The van der Waals surface area contributed by atoms with Crippen molar-refractivity contribution in [1.82, 2.24) is 20.0 Å². The highest BCUT2D eigenvalue weighted by Crippen LogP contribution is 2.35. The molecule has 0 amide bonds. The van der Waals surface area contributed by atoms with Crippen LogP contribution >= 0.6 is 0 Å². The minimum Gasteiger partial charge on any atom is -0.491 e. The van der Waals surface area contributed by atoms with Crippen LogP contribution in [0.4, 0.5) is 13.2 Å². The highest BCUT2D eigenvalue weighted by molar-refractivity contribution is 5.80. The summed E-state index contributed by atoms with van der Waals surface area (Å²) in [5.41, 5.74) is 0.622. The molecular weight excluding hydrogens is 395 g/mol. The molecule has 0 bridgehead atoms. The summed E-state index contributed by atoms with van der Waals surface area (Å²) in [6.07, 6.45) is 0.149. The molecule has 1 aliphatic rings. The van der Waals surface area contributed by atoms with Gasteiger partial charge < -0.3 is 15.0 Å². The number of nitrogens with one attached hydrogen (secondary N) is 1. The number of alkyl halides is 3. The van der Waals surface area contributed by atoms with E-state index in [-0.39, 0.29) is 24.0 Å². The second-order valence-electron chi connectivity index (χ2n) is 7.76. The van der Waals surface area contributed by atoms with Gasteiger partial charge in [0.25, 0.3) is 0 Å². The number of rotatable bonds is 5. The normalized spacial score (nSPS) is 17.7. The first kappa shape index (κ1) is 22.0. The first-order valence-electron chi connectivity index (χ1n) is 9.98. The van der Waals surface area contributed by atoms with E-state index in [0.29, 0.717) is 11.9 Å². The molecule has 1 fully saturated rings. The number of aromatic nitrogens is 2. The fourth-order valence-electron chi connectivity index (χ4n) is 3.70. The molecule has 1 saturated heterocycles. The van der Waals surface area contributed by atoms with Gasteiger partial charge in [0.2, 0.25) is 0 Å². The van der Waals surface area contributed by atoms with Gasteiger partial charge in [-0.2, -0.15) is 18.3 Å². The van der Waals surface area contributed by atoms with Crippen LogP contribution in [-0.4, -0.2) is 46.9 Å². The molecule has 0 aliphatic carbocycles. The highest BCUT2D eigenvalue weighted by Gasteiger charge is 2.34. The maximum absolute atomic E-state index is 13.6. The van der Waals surface area contributed by atoms with Crippen LogP contribution in [-0.2, 0) is 19.8 Å². The molecule has 1 atom stereocenters. The van der Waals surface area contributed by atoms with Crippen LogP contribution in [0.25, 0.3) is 0 Å². The third-order valence-corrected chi connectivity index (χ3v) is 5.09. The Hall–Kier alpha value is -2.71. The van der Waals surface area contributed by atoms with Crippen LogP contribution in [0.3, 0.4) is 0 Å². The molecule has 9 heteroatoms. The summed E-state index contributed by atoms with van der Waals surface area (Å²) in [7, 11) is 3.52. The molecule has 1 aliphatic heterocycles. The monoisotopic (exact) mass is 423 g/mol. The lowest BCUT2D eigenvalue weighted by atomic mass is 10.0. The molecule has 0 spiro atoms. The Balaban J connectivity index is 1.69. The van der Waals surface area contributed by atoms with Crippen molar-refractivity contribution in [3.63, 3.8) is 0 Å². The number of likely N-dealkylation sites (tertiary alicyclic amines) is 1. The minimum absolute atomic E-state index is 0.0253. The zero-order chi connectivity index (χ0) is 21.9. The predicted octanol–water partition coefficient (Wildman–Crippen LogP) is 3.79. The second-order valence-corrected chi connectivity index (χ2v) is 7.76. The van der Waals surface area contributed by atoms with Gasteiger partial charge in [0.05, 0.1) is 17.9 Å². The van der Waals surface area contributed by atoms with Gasteiger partial charge >= 0.3 is 6.18 Å². The van der Waals surface area contributed by atoms with E-state index < -0.39 is 11.7 Å². The Bertz CT molecular complexity index is 891. The van der Waals surface area contributed by atoms with E-state index >= 15 is 0 Å². The average Bonchev–Trinajstić information content (AvgIpc) is 3.31. The van der Waals surface area contributed by atoms with Gasteiger partial charge in [-0.15, -0.1) is 0 Å². The Morgan fingerprint density at radius 1 is 1.37 bits per heavy atom. The maximum Gasteiger partial charge on any atom is 0.416 e. The number of aryl methyl sites for hydroxylation is 1. The van der Waals surface area contributed by atoms with Crippen molar-refractivity contribution >= 4 is 5.96 Å². The molecule has 1 aromatic heterocycles. The Labute approximate surface area is 174 Å². The quantitative estimate of drug-likeness (QED) is 0.587. The Morgan fingerprint density at radius 3 is 2.73 bits per heavy atom. The van der Waals surface area contributed by atoms with Gasteiger partial charge in [-0.05, 0) is 43.5 Å². The van der Waals surface area contributed by atoms with Crippen molar-refractivity contribution in [2.45, 2.75) is 45.0 Å². The fourth-order valence-corrected chi connectivity index (χ4v) is 3.70. The number of halogens is 3. The van der Waals surface area contributed by atoms with E-state index in [4.69, 9.17) is 4.74 Å². The number of benzene rings is 1. The lowest BCUT2D eigenvalue weighted by Crippen LogP contribution is -2.39. The van der Waals surface area contributed by atoms with E-state index in [1.54, 1.807) is 31.6 Å². The van der Waals surface area contributed by atoms with Crippen molar-refractivity contribution in [3.8, 4) is 5.75 Å². The summed E-state index contributed by atoms with van der Waals surface area (Å²) < 4.78 is 47.9. The molecule has 2 aromatic rings. The van der Waals surface area contributed by atoms with Crippen molar-refractivity contribution in [2.75, 3.05) is 20.1 Å². The molecule has 2 heterocycles. The molecule has 1 N–H and O–H groups in total. The molecule has 30 heavy (non-hydrogen) atoms. The van der Waals surface area contributed by atoms with Crippen LogP contribution in [0, 0.1) is 0 Å². The van der Waals surface area contributed by atoms with Crippen LogP contribution in [0.2, 0.25) is 0 Å². The Kier molecular flexibility index (Phi) is 6.58. The summed E-state index contributed by atoms with van der Waals surface area (Å²) in [6.45, 7) is 5.12. The van der Waals surface area contributed by atoms with Crippen molar-refractivity contribution in [3.05, 3.63) is 47.3 Å². The smallest absolute Gasteiger partial charge is 0.416 e. The SMILES string of the molecule is CN=C(NCc1ccc(OC(C)C)cc1C(F)(F)F)N1CCC(c2cnn(C)c2)C1. The van der Waals surface area contributed by atoms with Gasteiger partial charge in [0.1, 0.15) is 5.75 Å². The molecule has 0 radical (unpaired) electrons. The summed E-state index contributed by atoms with van der Waals surface area (Å²) in [5, 5.41) is 7.31. The van der Waals surface area contributed by atoms with E-state index in [0.717, 1.165) is 31.1 Å². The average molecular weight is 423 g/mol. The molecule has 3 rings (SSSR count). The first-order valence-corrected chi connectivity index (χ1v) is 9.98. The van der Waals surface area contributed by atoms with Crippen molar-refractivity contribution < 1.29 is 17.9 Å². The lowest BCUT2D eigenvalue weighted by molar-refractivity contribution is -0.138. The number of aliphatic imine (C=N–C) groups is 1. The van der Waals surface area contributed by atoms with E-state index in [2.05, 4.69) is 20.3 Å². The van der Waals surface area contributed by atoms with Gasteiger partial charge in [-0.25, -0.2) is 0 Å². The zero-order valence-electron chi connectivity index (χ0n) is 17.7. The second kappa shape index (κ2) is 8.97. The minimum atomic E-state index is -4.46. The summed E-state index contributed by atoms with van der Waals surface area (Å²) in [4.78, 5) is 6.34. The van der Waals surface area contributed by atoms with E-state index in [1.165, 1.54) is 6.07 Å². The summed E-state index contributed by atoms with van der Waals surface area (Å²) in [5.74, 6) is 1.14. The van der Waals surface area contributed by atoms with Crippen LogP contribution in [0.15, 0.2) is 35.6 Å². The largest absolute Gasteiger partial charge is 0.491 e. The number of hydrogen-bond acceptors (Lipinski definition) is 3. The van der Waals surface area contributed by atoms with E-state index in [1.807, 2.05) is 19.4 Å². The number of ether oxygens (including phenoxy) is 1. The van der Waals surface area contributed by atoms with Gasteiger partial charge in [0.15, 0.2) is 5.96 Å². The molecule has 1 aromatic carbocycles. The van der Waals surface area contributed by atoms with Crippen molar-refractivity contribution in [2.24, 2.45) is 12.0 Å². The maximum atomic E-state index is 13.6. The third kappa shape index (κ3) is 5.25. The number of nitrogens with zero attached hydrogens (tertiary/aromatic N) is 4. The molecular formula is C21H28F3N5O. The first-order chi connectivity index (χ1) is 14.2. The van der Waals surface area contributed by atoms with Crippen LogP contribution < -0.4 is 10.1 Å². The molecule has 164 valence electrons. The van der Waals surface area contributed by atoms with Gasteiger partial charge in [-0.3, -0.25) is 9.67 Å². The topological polar surface area (TPSA) is 54.7 Å². The Morgan fingerprint density at radius 2 is 2.13 bits per heavy atom. The van der Waals surface area contributed by atoms with Gasteiger partial charge in [0, 0.05) is 45.8 Å².